The zero-order chi connectivity index (χ0) is 10.0. The van der Waals surface area contributed by atoms with E-state index in [-0.39, 0.29) is 0 Å². The van der Waals surface area contributed by atoms with Gasteiger partial charge in [0.25, 0.3) is 0 Å². The Balaban J connectivity index is 3.27. The highest BCUT2D eigenvalue weighted by atomic mass is 79.9. The van der Waals surface area contributed by atoms with Crippen molar-refractivity contribution in [3.05, 3.63) is 16.6 Å². The predicted molar refractivity (Wildman–Crippen MR) is 57.7 cm³/mol. The van der Waals surface area contributed by atoms with Gasteiger partial charge in [-0.3, -0.25) is 0 Å². The summed E-state index contributed by atoms with van der Waals surface area (Å²) < 4.78 is 5.96. The van der Waals surface area contributed by atoms with Crippen LogP contribution in [0.25, 0.3) is 0 Å². The quantitative estimate of drug-likeness (QED) is 0.469. The maximum Gasteiger partial charge on any atom is 0.145 e. The summed E-state index contributed by atoms with van der Waals surface area (Å²) in [6.45, 7) is 0. The predicted octanol–water partition coefficient (Wildman–Crippen LogP) is 1.35. The van der Waals surface area contributed by atoms with Crippen LogP contribution in [0.3, 0.4) is 0 Å². The molecule has 0 spiro atoms. The van der Waals surface area contributed by atoms with Crippen LogP contribution in [-0.2, 0) is 0 Å². The SMILES string of the molecule is COc1cc(Br)cc(N(C)N)c1N. The first-order valence-electron chi connectivity index (χ1n) is 3.67. The Kier molecular flexibility index (Phi) is 3.00. The second-order valence-electron chi connectivity index (χ2n) is 2.65. The summed E-state index contributed by atoms with van der Waals surface area (Å²) in [4.78, 5) is 0. The average molecular weight is 246 g/mol. The van der Waals surface area contributed by atoms with Crippen molar-refractivity contribution in [1.82, 2.24) is 0 Å². The van der Waals surface area contributed by atoms with Crippen LogP contribution in [0.4, 0.5) is 11.4 Å². The molecule has 1 rings (SSSR count). The Hall–Kier alpha value is -0.940. The van der Waals surface area contributed by atoms with Crippen LogP contribution >= 0.6 is 15.9 Å². The van der Waals surface area contributed by atoms with E-state index < -0.39 is 0 Å². The maximum absolute atomic E-state index is 5.80. The number of halogens is 1. The number of hydrogen-bond donors (Lipinski definition) is 2. The molecule has 5 heteroatoms. The molecule has 0 bridgehead atoms. The first-order valence-corrected chi connectivity index (χ1v) is 4.47. The summed E-state index contributed by atoms with van der Waals surface area (Å²) in [6, 6.07) is 3.63. The van der Waals surface area contributed by atoms with E-state index in [1.54, 1.807) is 20.2 Å². The van der Waals surface area contributed by atoms with Crippen molar-refractivity contribution in [1.29, 1.82) is 0 Å². The molecule has 1 aromatic carbocycles. The number of anilines is 2. The third-order valence-electron chi connectivity index (χ3n) is 1.68. The van der Waals surface area contributed by atoms with E-state index in [0.29, 0.717) is 11.4 Å². The van der Waals surface area contributed by atoms with Crippen molar-refractivity contribution in [3.63, 3.8) is 0 Å². The number of hydrogen-bond acceptors (Lipinski definition) is 4. The van der Waals surface area contributed by atoms with Crippen molar-refractivity contribution < 1.29 is 4.74 Å². The van der Waals surface area contributed by atoms with Gasteiger partial charge in [0.15, 0.2) is 0 Å². The second-order valence-corrected chi connectivity index (χ2v) is 3.57. The number of methoxy groups -OCH3 is 1. The molecule has 4 N–H and O–H groups in total. The molecule has 0 saturated carbocycles. The van der Waals surface area contributed by atoms with Gasteiger partial charge < -0.3 is 15.5 Å². The molecular formula is C8H12BrN3O. The lowest BCUT2D eigenvalue weighted by Gasteiger charge is -2.17. The molecule has 0 aliphatic heterocycles. The lowest BCUT2D eigenvalue weighted by atomic mass is 10.2. The van der Waals surface area contributed by atoms with Gasteiger partial charge in [0.05, 0.1) is 18.5 Å². The van der Waals surface area contributed by atoms with Gasteiger partial charge in [-0.15, -0.1) is 0 Å². The smallest absolute Gasteiger partial charge is 0.145 e. The van der Waals surface area contributed by atoms with Gasteiger partial charge in [0.2, 0.25) is 0 Å². The zero-order valence-corrected chi connectivity index (χ0v) is 9.13. The molecule has 0 aromatic heterocycles. The number of ether oxygens (including phenoxy) is 1. The molecule has 72 valence electrons. The summed E-state index contributed by atoms with van der Waals surface area (Å²) in [5, 5.41) is 1.45. The van der Waals surface area contributed by atoms with Crippen molar-refractivity contribution >= 4 is 27.3 Å². The Bertz CT molecular complexity index is 315. The number of nitrogens with zero attached hydrogens (tertiary/aromatic N) is 1. The topological polar surface area (TPSA) is 64.5 Å². The van der Waals surface area contributed by atoms with Crippen LogP contribution in [-0.4, -0.2) is 14.2 Å². The van der Waals surface area contributed by atoms with Crippen LogP contribution in [0.5, 0.6) is 5.75 Å². The molecule has 0 radical (unpaired) electrons. The molecule has 0 aliphatic rings. The fraction of sp³-hybridized carbons (Fsp3) is 0.250. The summed E-state index contributed by atoms with van der Waals surface area (Å²) >= 11 is 3.34. The van der Waals surface area contributed by atoms with Gasteiger partial charge in [-0.2, -0.15) is 0 Å². The number of nitrogen functional groups attached to an aromatic ring is 1. The third kappa shape index (κ3) is 2.05. The number of nitrogens with two attached hydrogens (primary N) is 2. The molecule has 0 amide bonds. The average Bonchev–Trinajstić information content (AvgIpc) is 2.08. The Morgan fingerprint density at radius 3 is 2.54 bits per heavy atom. The van der Waals surface area contributed by atoms with E-state index in [2.05, 4.69) is 15.9 Å². The van der Waals surface area contributed by atoms with Crippen molar-refractivity contribution in [2.24, 2.45) is 5.84 Å². The van der Waals surface area contributed by atoms with E-state index in [1.807, 2.05) is 6.07 Å². The monoisotopic (exact) mass is 245 g/mol. The van der Waals surface area contributed by atoms with E-state index in [4.69, 9.17) is 16.3 Å². The molecule has 1 aromatic rings. The second kappa shape index (κ2) is 3.85. The van der Waals surface area contributed by atoms with Crippen LogP contribution in [0, 0.1) is 0 Å². The van der Waals surface area contributed by atoms with Gasteiger partial charge in [-0.25, -0.2) is 5.84 Å². The summed E-state index contributed by atoms with van der Waals surface area (Å²) in [5.41, 5.74) is 7.06. The van der Waals surface area contributed by atoms with Gasteiger partial charge in [0.1, 0.15) is 5.75 Å². The minimum atomic E-state index is 0.538. The first-order chi connectivity index (χ1) is 6.06. The van der Waals surface area contributed by atoms with Crippen LogP contribution in [0.2, 0.25) is 0 Å². The third-order valence-corrected chi connectivity index (χ3v) is 2.14. The van der Waals surface area contributed by atoms with Gasteiger partial charge in [-0.1, -0.05) is 15.9 Å². The molecule has 13 heavy (non-hydrogen) atoms. The molecular weight excluding hydrogens is 234 g/mol. The lowest BCUT2D eigenvalue weighted by molar-refractivity contribution is 0.416. The standard InChI is InChI=1S/C8H12BrN3O/c1-12(11)6-3-5(9)4-7(13-2)8(6)10/h3-4H,10-11H2,1-2H3. The van der Waals surface area contributed by atoms with E-state index in [1.165, 1.54) is 5.01 Å². The van der Waals surface area contributed by atoms with Crippen LogP contribution < -0.4 is 21.3 Å². The molecule has 0 fully saturated rings. The molecule has 0 unspecified atom stereocenters. The molecule has 0 aliphatic carbocycles. The van der Waals surface area contributed by atoms with E-state index >= 15 is 0 Å². The van der Waals surface area contributed by atoms with Gasteiger partial charge >= 0.3 is 0 Å². The normalized spacial score (nSPS) is 9.85. The Morgan fingerprint density at radius 1 is 1.46 bits per heavy atom. The molecule has 0 atom stereocenters. The summed E-state index contributed by atoms with van der Waals surface area (Å²) in [5.74, 6) is 6.20. The minimum absolute atomic E-state index is 0.538. The summed E-state index contributed by atoms with van der Waals surface area (Å²) in [6.07, 6.45) is 0. The zero-order valence-electron chi connectivity index (χ0n) is 7.54. The Labute approximate surface area is 85.6 Å². The Morgan fingerprint density at radius 2 is 2.08 bits per heavy atom. The molecule has 0 saturated heterocycles. The lowest BCUT2D eigenvalue weighted by Crippen LogP contribution is -2.26. The van der Waals surface area contributed by atoms with E-state index in [0.717, 1.165) is 10.2 Å². The highest BCUT2D eigenvalue weighted by Gasteiger charge is 2.09. The number of benzene rings is 1. The van der Waals surface area contributed by atoms with Crippen LogP contribution in [0.1, 0.15) is 0 Å². The van der Waals surface area contributed by atoms with Crippen LogP contribution in [0.15, 0.2) is 16.6 Å². The molecule has 4 nitrogen and oxygen atoms in total. The highest BCUT2D eigenvalue weighted by Crippen LogP contribution is 2.34. The first kappa shape index (κ1) is 10.1. The highest BCUT2D eigenvalue weighted by molar-refractivity contribution is 9.10. The maximum atomic E-state index is 5.80. The molecule has 0 heterocycles. The van der Waals surface area contributed by atoms with Crippen molar-refractivity contribution in [3.8, 4) is 5.75 Å². The van der Waals surface area contributed by atoms with Crippen molar-refractivity contribution in [2.75, 3.05) is 24.9 Å². The summed E-state index contributed by atoms with van der Waals surface area (Å²) in [7, 11) is 3.29. The van der Waals surface area contributed by atoms with Gasteiger partial charge in [-0.05, 0) is 12.1 Å². The van der Waals surface area contributed by atoms with E-state index in [9.17, 15) is 0 Å². The fourth-order valence-corrected chi connectivity index (χ4v) is 1.46. The van der Waals surface area contributed by atoms with Crippen molar-refractivity contribution in [2.45, 2.75) is 0 Å². The largest absolute Gasteiger partial charge is 0.494 e. The number of hydrazine groups is 1. The fourth-order valence-electron chi connectivity index (χ4n) is 1.04. The number of rotatable bonds is 2. The minimum Gasteiger partial charge on any atom is -0.494 e. The van der Waals surface area contributed by atoms with Gasteiger partial charge in [0, 0.05) is 11.5 Å².